The largest absolute Gasteiger partial charge is 0.0911 e. The van der Waals surface area contributed by atoms with Crippen LogP contribution in [-0.4, -0.2) is 0 Å². The van der Waals surface area contributed by atoms with Crippen LogP contribution in [0.25, 0.3) is 0 Å². The van der Waals surface area contributed by atoms with E-state index in [0.717, 1.165) is 17.8 Å². The van der Waals surface area contributed by atoms with Gasteiger partial charge in [-0.2, -0.15) is 0 Å². The molecule has 5 rings (SSSR count). The van der Waals surface area contributed by atoms with Gasteiger partial charge in [-0.15, -0.1) is 0 Å². The monoisotopic (exact) mass is 250 g/mol. The zero-order valence-corrected chi connectivity index (χ0v) is 11.8. The van der Waals surface area contributed by atoms with Gasteiger partial charge in [-0.1, -0.05) is 24.0 Å². The van der Waals surface area contributed by atoms with Crippen LogP contribution in [0.2, 0.25) is 0 Å². The zero-order chi connectivity index (χ0) is 12.9. The topological polar surface area (TPSA) is 0 Å². The number of aryl methyl sites for hydroxylation is 1. The van der Waals surface area contributed by atoms with Gasteiger partial charge in [0.05, 0.1) is 0 Å². The normalized spacial score (nSPS) is 38.9. The van der Waals surface area contributed by atoms with Crippen molar-refractivity contribution < 1.29 is 0 Å². The Balaban J connectivity index is 1.63. The Morgan fingerprint density at radius 3 is 2.21 bits per heavy atom. The molecule has 4 fully saturated rings. The highest BCUT2D eigenvalue weighted by atomic mass is 14.5. The third-order valence-corrected chi connectivity index (χ3v) is 5.53. The maximum Gasteiger partial charge on any atom is 0.0326 e. The molecular weight excluding hydrogens is 228 g/mol. The Morgan fingerprint density at radius 1 is 1.00 bits per heavy atom. The van der Waals surface area contributed by atoms with Crippen LogP contribution in [0.4, 0.5) is 0 Å². The molecule has 4 bridgehead atoms. The number of hydrogen-bond acceptors (Lipinski definition) is 0. The first kappa shape index (κ1) is 11.6. The Labute approximate surface area is 116 Å². The van der Waals surface area contributed by atoms with Crippen molar-refractivity contribution in [3.63, 3.8) is 0 Å². The van der Waals surface area contributed by atoms with Crippen LogP contribution < -0.4 is 0 Å². The molecule has 0 N–H and O–H groups in total. The third-order valence-electron chi connectivity index (χ3n) is 5.53. The van der Waals surface area contributed by atoms with Crippen LogP contribution in [0, 0.1) is 41.9 Å². The molecule has 0 aromatic heterocycles. The smallest absolute Gasteiger partial charge is 0.0326 e. The van der Waals surface area contributed by atoms with Gasteiger partial charge < -0.3 is 0 Å². The quantitative estimate of drug-likeness (QED) is 0.592. The van der Waals surface area contributed by atoms with Crippen molar-refractivity contribution >= 4 is 0 Å². The Hall–Kier alpha value is -1.22. The van der Waals surface area contributed by atoms with Crippen LogP contribution in [0.3, 0.4) is 0 Å². The van der Waals surface area contributed by atoms with E-state index in [0.29, 0.717) is 5.41 Å². The van der Waals surface area contributed by atoms with Crippen molar-refractivity contribution in [2.45, 2.75) is 45.4 Å². The summed E-state index contributed by atoms with van der Waals surface area (Å²) in [5.41, 5.74) is 2.91. The molecule has 0 saturated heterocycles. The summed E-state index contributed by atoms with van der Waals surface area (Å²) in [7, 11) is 0. The molecule has 0 radical (unpaired) electrons. The highest BCUT2D eigenvalue weighted by molar-refractivity contribution is 5.38. The standard InChI is InChI=1S/C19H22/c1-14-3-2-4-15(7-14)5-6-19-11-16-8-17(12-19)10-18(9-16)13-19/h2-4,7,16-18H,8-13H2,1H3. The summed E-state index contributed by atoms with van der Waals surface area (Å²) >= 11 is 0. The van der Waals surface area contributed by atoms with Crippen molar-refractivity contribution in [3.05, 3.63) is 35.4 Å². The van der Waals surface area contributed by atoms with E-state index in [1.54, 1.807) is 0 Å². The molecule has 1 aromatic rings. The Bertz CT molecular complexity index is 520. The second-order valence-electron chi connectivity index (χ2n) is 7.32. The minimum atomic E-state index is 0.387. The predicted octanol–water partition coefficient (Wildman–Crippen LogP) is 4.56. The van der Waals surface area contributed by atoms with Gasteiger partial charge in [-0.25, -0.2) is 0 Å². The first-order chi connectivity index (χ1) is 9.21. The van der Waals surface area contributed by atoms with Gasteiger partial charge in [0.25, 0.3) is 0 Å². The molecule has 0 heterocycles. The van der Waals surface area contributed by atoms with Crippen LogP contribution >= 0.6 is 0 Å². The molecule has 0 unspecified atom stereocenters. The fraction of sp³-hybridized carbons (Fsp3) is 0.579. The van der Waals surface area contributed by atoms with Crippen LogP contribution in [0.1, 0.15) is 49.7 Å². The molecule has 0 amide bonds. The summed E-state index contributed by atoms with van der Waals surface area (Å²) in [6.45, 7) is 2.15. The highest BCUT2D eigenvalue weighted by Crippen LogP contribution is 2.59. The van der Waals surface area contributed by atoms with E-state index in [2.05, 4.69) is 43.0 Å². The van der Waals surface area contributed by atoms with Crippen LogP contribution in [0.5, 0.6) is 0 Å². The first-order valence-electron chi connectivity index (χ1n) is 7.81. The molecule has 0 atom stereocenters. The minimum Gasteiger partial charge on any atom is -0.0911 e. The summed E-state index contributed by atoms with van der Waals surface area (Å²) in [4.78, 5) is 0. The molecule has 4 aliphatic carbocycles. The van der Waals surface area contributed by atoms with Crippen molar-refractivity contribution in [1.82, 2.24) is 0 Å². The van der Waals surface area contributed by atoms with Crippen LogP contribution in [-0.2, 0) is 0 Å². The lowest BCUT2D eigenvalue weighted by atomic mass is 9.50. The Kier molecular flexibility index (Phi) is 2.52. The molecule has 0 heteroatoms. The number of rotatable bonds is 0. The molecule has 4 saturated carbocycles. The van der Waals surface area contributed by atoms with Crippen molar-refractivity contribution in [1.29, 1.82) is 0 Å². The molecule has 19 heavy (non-hydrogen) atoms. The van der Waals surface area contributed by atoms with E-state index in [1.807, 2.05) is 0 Å². The van der Waals surface area contributed by atoms with Gasteiger partial charge in [0.2, 0.25) is 0 Å². The zero-order valence-electron chi connectivity index (χ0n) is 11.8. The van der Waals surface area contributed by atoms with E-state index in [4.69, 9.17) is 0 Å². The minimum absolute atomic E-state index is 0.387. The summed E-state index contributed by atoms with van der Waals surface area (Å²) < 4.78 is 0. The molecule has 1 aromatic carbocycles. The maximum absolute atomic E-state index is 3.72. The molecule has 98 valence electrons. The van der Waals surface area contributed by atoms with Crippen molar-refractivity contribution in [2.24, 2.45) is 23.2 Å². The van der Waals surface area contributed by atoms with E-state index in [1.165, 1.54) is 49.7 Å². The third kappa shape index (κ3) is 2.10. The molecule has 0 aliphatic heterocycles. The SMILES string of the molecule is Cc1cccc(C#CC23CC4CC(CC(C4)C2)C3)c1. The average Bonchev–Trinajstić information content (AvgIpc) is 2.35. The van der Waals surface area contributed by atoms with Gasteiger partial charge >= 0.3 is 0 Å². The second kappa shape index (κ2) is 4.14. The van der Waals surface area contributed by atoms with Crippen LogP contribution in [0.15, 0.2) is 24.3 Å². The van der Waals surface area contributed by atoms with E-state index >= 15 is 0 Å². The molecule has 4 aliphatic rings. The fourth-order valence-corrected chi connectivity index (χ4v) is 5.19. The molecule has 0 spiro atoms. The number of benzene rings is 1. The van der Waals surface area contributed by atoms with Crippen molar-refractivity contribution in [3.8, 4) is 11.8 Å². The summed E-state index contributed by atoms with van der Waals surface area (Å²) in [5, 5.41) is 0. The molecule has 0 nitrogen and oxygen atoms in total. The fourth-order valence-electron chi connectivity index (χ4n) is 5.19. The van der Waals surface area contributed by atoms with E-state index in [-0.39, 0.29) is 0 Å². The van der Waals surface area contributed by atoms with Gasteiger partial charge in [-0.05, 0) is 80.9 Å². The predicted molar refractivity (Wildman–Crippen MR) is 78.7 cm³/mol. The van der Waals surface area contributed by atoms with Gasteiger partial charge in [-0.3, -0.25) is 0 Å². The summed E-state index contributed by atoms with van der Waals surface area (Å²) in [6, 6.07) is 8.64. The van der Waals surface area contributed by atoms with Gasteiger partial charge in [0.1, 0.15) is 0 Å². The Morgan fingerprint density at radius 2 is 1.63 bits per heavy atom. The lowest BCUT2D eigenvalue weighted by Crippen LogP contribution is -2.45. The average molecular weight is 250 g/mol. The second-order valence-corrected chi connectivity index (χ2v) is 7.32. The maximum atomic E-state index is 3.72. The van der Waals surface area contributed by atoms with Crippen molar-refractivity contribution in [2.75, 3.05) is 0 Å². The van der Waals surface area contributed by atoms with E-state index in [9.17, 15) is 0 Å². The van der Waals surface area contributed by atoms with Gasteiger partial charge in [0.15, 0.2) is 0 Å². The summed E-state index contributed by atoms with van der Waals surface area (Å²) in [5.74, 6) is 10.2. The van der Waals surface area contributed by atoms with E-state index < -0.39 is 0 Å². The lowest BCUT2D eigenvalue weighted by molar-refractivity contribution is -0.0181. The van der Waals surface area contributed by atoms with Gasteiger partial charge in [0, 0.05) is 11.0 Å². The first-order valence-corrected chi connectivity index (χ1v) is 7.81. The lowest BCUT2D eigenvalue weighted by Gasteiger charge is -2.54. The summed E-state index contributed by atoms with van der Waals surface area (Å²) in [6.07, 6.45) is 8.68. The molecular formula is C19H22. The highest BCUT2D eigenvalue weighted by Gasteiger charge is 2.50. The number of hydrogen-bond donors (Lipinski definition) is 0.